The van der Waals surface area contributed by atoms with Crippen molar-refractivity contribution in [3.63, 3.8) is 0 Å². The number of hydrogen-bond donors (Lipinski definition) is 2. The molecule has 2 aromatic rings. The van der Waals surface area contributed by atoms with Gasteiger partial charge in [-0.2, -0.15) is 0 Å². The summed E-state index contributed by atoms with van der Waals surface area (Å²) in [5, 5.41) is 10.4. The number of aliphatic imine (C=N–C) groups is 1. The van der Waals surface area contributed by atoms with Crippen LogP contribution < -0.4 is 10.6 Å². The second-order valence-electron chi connectivity index (χ2n) is 7.20. The maximum Gasteiger partial charge on any atom is 0.191 e. The third kappa shape index (κ3) is 6.85. The minimum Gasteiger partial charge on any atom is -0.361 e. The fourth-order valence-electron chi connectivity index (χ4n) is 3.22. The Morgan fingerprint density at radius 3 is 2.59 bits per heavy atom. The van der Waals surface area contributed by atoms with Crippen LogP contribution in [0.5, 0.6) is 0 Å². The molecule has 0 saturated heterocycles. The SMILES string of the molecule is CCNC(=NCc1cc(F)ccc1CS(C)(=O)=O)NCC(C)c1c(C)noc1C. The number of benzene rings is 1. The summed E-state index contributed by atoms with van der Waals surface area (Å²) in [5.41, 5.74) is 3.03. The molecule has 1 unspecified atom stereocenters. The molecule has 7 nitrogen and oxygen atoms in total. The summed E-state index contributed by atoms with van der Waals surface area (Å²) in [5.74, 6) is 0.952. The quantitative estimate of drug-likeness (QED) is 0.500. The highest BCUT2D eigenvalue weighted by Gasteiger charge is 2.17. The predicted octanol–water partition coefficient (Wildman–Crippen LogP) is 2.83. The maximum atomic E-state index is 13.7. The molecular formula is C20H29FN4O3S. The van der Waals surface area contributed by atoms with E-state index >= 15 is 0 Å². The third-order valence-electron chi connectivity index (χ3n) is 4.49. The van der Waals surface area contributed by atoms with Crippen LogP contribution in [-0.4, -0.2) is 38.9 Å². The van der Waals surface area contributed by atoms with E-state index in [1.165, 1.54) is 18.2 Å². The first kappa shape index (κ1) is 22.9. The van der Waals surface area contributed by atoms with Crippen LogP contribution in [0, 0.1) is 19.7 Å². The molecule has 0 aliphatic carbocycles. The molecular weight excluding hydrogens is 395 g/mol. The normalized spacial score (nSPS) is 13.4. The van der Waals surface area contributed by atoms with Gasteiger partial charge >= 0.3 is 0 Å². The van der Waals surface area contributed by atoms with Gasteiger partial charge in [-0.1, -0.05) is 18.1 Å². The lowest BCUT2D eigenvalue weighted by Gasteiger charge is -2.16. The first-order chi connectivity index (χ1) is 13.6. The number of rotatable bonds is 8. The van der Waals surface area contributed by atoms with Gasteiger partial charge in [0.2, 0.25) is 0 Å². The van der Waals surface area contributed by atoms with Crippen molar-refractivity contribution in [3.8, 4) is 0 Å². The van der Waals surface area contributed by atoms with Gasteiger partial charge in [-0.15, -0.1) is 0 Å². The number of aromatic nitrogens is 1. The van der Waals surface area contributed by atoms with E-state index in [1.54, 1.807) is 0 Å². The average Bonchev–Trinajstić information content (AvgIpc) is 2.96. The van der Waals surface area contributed by atoms with Crippen molar-refractivity contribution in [2.75, 3.05) is 19.3 Å². The number of nitrogens with one attached hydrogen (secondary N) is 2. The van der Waals surface area contributed by atoms with Crippen molar-refractivity contribution in [1.29, 1.82) is 0 Å². The van der Waals surface area contributed by atoms with E-state index in [1.807, 2.05) is 20.8 Å². The number of nitrogens with zero attached hydrogens (tertiary/aromatic N) is 2. The summed E-state index contributed by atoms with van der Waals surface area (Å²) < 4.78 is 42.2. The van der Waals surface area contributed by atoms with Gasteiger partial charge in [0, 0.05) is 30.8 Å². The largest absolute Gasteiger partial charge is 0.361 e. The fourth-order valence-corrected chi connectivity index (χ4v) is 4.06. The van der Waals surface area contributed by atoms with E-state index in [0.717, 1.165) is 23.3 Å². The lowest BCUT2D eigenvalue weighted by molar-refractivity contribution is 0.391. The first-order valence-electron chi connectivity index (χ1n) is 9.50. The van der Waals surface area contributed by atoms with Crippen LogP contribution in [0.4, 0.5) is 4.39 Å². The van der Waals surface area contributed by atoms with Crippen molar-refractivity contribution < 1.29 is 17.3 Å². The molecule has 0 radical (unpaired) electrons. The summed E-state index contributed by atoms with van der Waals surface area (Å²) in [6, 6.07) is 4.10. The highest BCUT2D eigenvalue weighted by Crippen LogP contribution is 2.22. The smallest absolute Gasteiger partial charge is 0.191 e. The van der Waals surface area contributed by atoms with Crippen LogP contribution >= 0.6 is 0 Å². The number of hydrogen-bond acceptors (Lipinski definition) is 5. The van der Waals surface area contributed by atoms with Gasteiger partial charge in [0.15, 0.2) is 15.8 Å². The minimum atomic E-state index is -3.23. The third-order valence-corrected chi connectivity index (χ3v) is 5.33. The van der Waals surface area contributed by atoms with Gasteiger partial charge < -0.3 is 15.2 Å². The zero-order valence-electron chi connectivity index (χ0n) is 17.5. The summed E-state index contributed by atoms with van der Waals surface area (Å²) in [4.78, 5) is 4.51. The lowest BCUT2D eigenvalue weighted by atomic mass is 10.00. The molecule has 0 amide bonds. The van der Waals surface area contributed by atoms with E-state index in [2.05, 4.69) is 27.7 Å². The highest BCUT2D eigenvalue weighted by molar-refractivity contribution is 7.89. The van der Waals surface area contributed by atoms with Crippen LogP contribution in [0.15, 0.2) is 27.7 Å². The molecule has 9 heteroatoms. The van der Waals surface area contributed by atoms with Crippen LogP contribution in [0.25, 0.3) is 0 Å². The van der Waals surface area contributed by atoms with E-state index in [9.17, 15) is 12.8 Å². The Morgan fingerprint density at radius 1 is 1.28 bits per heavy atom. The maximum absolute atomic E-state index is 13.7. The summed E-state index contributed by atoms with van der Waals surface area (Å²) in [7, 11) is -3.23. The van der Waals surface area contributed by atoms with Gasteiger partial charge in [0.25, 0.3) is 0 Å². The van der Waals surface area contributed by atoms with Crippen LogP contribution in [-0.2, 0) is 22.1 Å². The fraction of sp³-hybridized carbons (Fsp3) is 0.500. The van der Waals surface area contributed by atoms with E-state index < -0.39 is 15.7 Å². The van der Waals surface area contributed by atoms with Gasteiger partial charge in [-0.3, -0.25) is 0 Å². The molecule has 1 aromatic heterocycles. The first-order valence-corrected chi connectivity index (χ1v) is 11.6. The minimum absolute atomic E-state index is 0.148. The Hall–Kier alpha value is -2.42. The van der Waals surface area contributed by atoms with Gasteiger partial charge in [-0.25, -0.2) is 17.8 Å². The molecule has 0 spiro atoms. The molecule has 1 aromatic carbocycles. The molecule has 0 saturated carbocycles. The highest BCUT2D eigenvalue weighted by atomic mass is 32.2. The van der Waals surface area contributed by atoms with Crippen molar-refractivity contribution >= 4 is 15.8 Å². The molecule has 0 fully saturated rings. The Bertz CT molecular complexity index is 951. The number of aryl methyl sites for hydroxylation is 2. The Labute approximate surface area is 171 Å². The molecule has 2 N–H and O–H groups in total. The topological polar surface area (TPSA) is 96.6 Å². The van der Waals surface area contributed by atoms with Gasteiger partial charge in [-0.05, 0) is 44.0 Å². The van der Waals surface area contributed by atoms with Crippen molar-refractivity contribution in [3.05, 3.63) is 52.2 Å². The summed E-state index contributed by atoms with van der Waals surface area (Å²) in [6.07, 6.45) is 1.16. The number of sulfone groups is 1. The Morgan fingerprint density at radius 2 is 2.00 bits per heavy atom. The zero-order chi connectivity index (χ0) is 21.6. The molecule has 0 aliphatic heterocycles. The second kappa shape index (κ2) is 9.87. The van der Waals surface area contributed by atoms with Crippen LogP contribution in [0.3, 0.4) is 0 Å². The molecule has 160 valence electrons. The van der Waals surface area contributed by atoms with Crippen molar-refractivity contribution in [1.82, 2.24) is 15.8 Å². The average molecular weight is 425 g/mol. The Balaban J connectivity index is 2.14. The van der Waals surface area contributed by atoms with Crippen molar-refractivity contribution in [2.45, 2.75) is 45.9 Å². The van der Waals surface area contributed by atoms with E-state index in [0.29, 0.717) is 30.2 Å². The molecule has 2 rings (SSSR count). The standard InChI is InChI=1S/C20H29FN4O3S/c1-6-22-20(23-10-13(2)19-14(3)25-28-15(19)4)24-11-17-9-18(21)8-7-16(17)12-29(5,26)27/h7-9,13H,6,10-12H2,1-5H3,(H2,22,23,24). The van der Waals surface area contributed by atoms with Crippen LogP contribution in [0.2, 0.25) is 0 Å². The molecule has 29 heavy (non-hydrogen) atoms. The molecule has 1 heterocycles. The summed E-state index contributed by atoms with van der Waals surface area (Å²) >= 11 is 0. The van der Waals surface area contributed by atoms with Gasteiger partial charge in [0.1, 0.15) is 11.6 Å². The van der Waals surface area contributed by atoms with E-state index in [4.69, 9.17) is 4.52 Å². The molecule has 0 bridgehead atoms. The second-order valence-corrected chi connectivity index (χ2v) is 9.34. The monoisotopic (exact) mass is 424 g/mol. The van der Waals surface area contributed by atoms with E-state index in [-0.39, 0.29) is 18.2 Å². The summed E-state index contributed by atoms with van der Waals surface area (Å²) in [6.45, 7) is 9.25. The Kier molecular flexibility index (Phi) is 7.78. The number of guanidine groups is 1. The predicted molar refractivity (Wildman–Crippen MR) is 112 cm³/mol. The molecule has 1 atom stereocenters. The molecule has 0 aliphatic rings. The van der Waals surface area contributed by atoms with Crippen molar-refractivity contribution in [2.24, 2.45) is 4.99 Å². The number of halogens is 1. The van der Waals surface area contributed by atoms with Gasteiger partial charge in [0.05, 0.1) is 18.0 Å². The lowest BCUT2D eigenvalue weighted by Crippen LogP contribution is -2.39. The zero-order valence-corrected chi connectivity index (χ0v) is 18.4. The van der Waals surface area contributed by atoms with Crippen LogP contribution in [0.1, 0.15) is 47.9 Å².